The monoisotopic (exact) mass is 443 g/mol. The molecule has 0 saturated heterocycles. The Bertz CT molecular complexity index is 1140. The van der Waals surface area contributed by atoms with Crippen LogP contribution in [-0.4, -0.2) is 47.8 Å². The Morgan fingerprint density at radius 2 is 1.90 bits per heavy atom. The van der Waals surface area contributed by atoms with Crippen LogP contribution in [0, 0.1) is 0 Å². The third kappa shape index (κ3) is 4.54. The number of fused-ring (bicyclic) bond motifs is 1. The summed E-state index contributed by atoms with van der Waals surface area (Å²) in [7, 11) is -1.51. The number of allylic oxidation sites excluding steroid dienone is 3. The summed E-state index contributed by atoms with van der Waals surface area (Å²) in [4.78, 5) is 5.58. The minimum Gasteiger partial charge on any atom is -0.386 e. The third-order valence-electron chi connectivity index (χ3n) is 5.00. The van der Waals surface area contributed by atoms with Crippen LogP contribution in [0.4, 0.5) is 18.9 Å². The maximum absolute atomic E-state index is 13.6. The normalized spacial score (nSPS) is 15.7. The maximum atomic E-state index is 13.6. The highest BCUT2D eigenvalue weighted by molar-refractivity contribution is 7.90. The average Bonchev–Trinajstić information content (AvgIpc) is 2.92. The summed E-state index contributed by atoms with van der Waals surface area (Å²) in [5.74, 6) is 0.409. The predicted molar refractivity (Wildman–Crippen MR) is 110 cm³/mol. The van der Waals surface area contributed by atoms with Crippen LogP contribution in [0.5, 0.6) is 0 Å². The number of nitrogens with zero attached hydrogens (tertiary/aromatic N) is 3. The molecule has 0 unspecified atom stereocenters. The van der Waals surface area contributed by atoms with Crippen molar-refractivity contribution in [2.75, 3.05) is 23.5 Å². The van der Waals surface area contributed by atoms with E-state index in [-0.39, 0.29) is 24.4 Å². The Morgan fingerprint density at radius 1 is 1.23 bits per heavy atom. The van der Waals surface area contributed by atoms with E-state index >= 15 is 0 Å². The van der Waals surface area contributed by atoms with E-state index in [0.29, 0.717) is 22.4 Å². The molecule has 0 amide bonds. The molecular formula is C20H24F3N3O3S. The lowest BCUT2D eigenvalue weighted by molar-refractivity contribution is -0.0934. The van der Waals surface area contributed by atoms with E-state index in [9.17, 15) is 26.7 Å². The van der Waals surface area contributed by atoms with Crippen LogP contribution >= 0.6 is 0 Å². The van der Waals surface area contributed by atoms with Crippen molar-refractivity contribution in [3.8, 4) is 0 Å². The highest BCUT2D eigenvalue weighted by Gasteiger charge is 2.40. The van der Waals surface area contributed by atoms with Gasteiger partial charge in [-0.1, -0.05) is 12.2 Å². The summed E-state index contributed by atoms with van der Waals surface area (Å²) in [5.41, 5.74) is -0.695. The molecule has 164 valence electrons. The number of aryl methyl sites for hydroxylation is 2. The van der Waals surface area contributed by atoms with E-state index in [4.69, 9.17) is 0 Å². The Kier molecular flexibility index (Phi) is 5.53. The minimum absolute atomic E-state index is 0.00127. The molecule has 3 rings (SSSR count). The number of anilines is 1. The fraction of sp³-hybridized carbons (Fsp3) is 0.450. The zero-order valence-corrected chi connectivity index (χ0v) is 18.0. The molecular weight excluding hydrogens is 419 g/mol. The first-order valence-electron chi connectivity index (χ1n) is 9.30. The molecule has 0 fully saturated rings. The lowest BCUT2D eigenvalue weighted by Crippen LogP contribution is -2.35. The van der Waals surface area contributed by atoms with E-state index in [1.165, 1.54) is 19.9 Å². The van der Waals surface area contributed by atoms with Crippen molar-refractivity contribution < 1.29 is 26.7 Å². The van der Waals surface area contributed by atoms with Crippen molar-refractivity contribution in [2.45, 2.75) is 32.0 Å². The molecule has 2 heterocycles. The van der Waals surface area contributed by atoms with Gasteiger partial charge in [0.1, 0.15) is 21.4 Å². The van der Waals surface area contributed by atoms with Gasteiger partial charge in [0, 0.05) is 37.5 Å². The summed E-state index contributed by atoms with van der Waals surface area (Å²) in [6.45, 7) is 3.00. The van der Waals surface area contributed by atoms with Gasteiger partial charge in [-0.3, -0.25) is 0 Å². The smallest absolute Gasteiger partial charge is 0.386 e. The fourth-order valence-electron chi connectivity index (χ4n) is 3.48. The van der Waals surface area contributed by atoms with Crippen LogP contribution in [0.2, 0.25) is 0 Å². The van der Waals surface area contributed by atoms with Crippen molar-refractivity contribution in [3.63, 3.8) is 0 Å². The van der Waals surface area contributed by atoms with Gasteiger partial charge in [-0.25, -0.2) is 13.4 Å². The topological polar surface area (TPSA) is 75.4 Å². The molecule has 30 heavy (non-hydrogen) atoms. The van der Waals surface area contributed by atoms with Crippen molar-refractivity contribution >= 4 is 26.6 Å². The number of hydrogen-bond donors (Lipinski definition) is 1. The Balaban J connectivity index is 2.19. The first kappa shape index (κ1) is 22.4. The quantitative estimate of drug-likeness (QED) is 0.768. The molecule has 6 nitrogen and oxygen atoms in total. The molecule has 0 bridgehead atoms. The van der Waals surface area contributed by atoms with E-state index in [0.717, 1.165) is 17.2 Å². The standard InChI is InChI=1S/C20H24F3N3O3S/c1-19(2,27)13-11-14-16(25(3)18(24-14)8-10-30(4,28)29)12-15(13)26-9-6-5-7-17(26)20(21,22)23/h5-7,11-12,27H,8-10H2,1-4H3. The summed E-state index contributed by atoms with van der Waals surface area (Å²) in [5, 5.41) is 10.7. The van der Waals surface area contributed by atoms with E-state index in [1.54, 1.807) is 29.8 Å². The van der Waals surface area contributed by atoms with E-state index in [1.807, 2.05) is 0 Å². The molecule has 1 aliphatic heterocycles. The predicted octanol–water partition coefficient (Wildman–Crippen LogP) is 3.21. The number of rotatable bonds is 5. The van der Waals surface area contributed by atoms with Gasteiger partial charge in [0.15, 0.2) is 0 Å². The fourth-order valence-corrected chi connectivity index (χ4v) is 4.03. The summed E-state index contributed by atoms with van der Waals surface area (Å²) in [6, 6.07) is 3.14. The molecule has 0 saturated carbocycles. The third-order valence-corrected chi connectivity index (χ3v) is 5.94. The second kappa shape index (κ2) is 7.42. The number of sulfone groups is 1. The SMILES string of the molecule is Cn1c(CCS(C)(=O)=O)nc2cc(C(C)(C)O)c(N3CC=CC=C3C(F)(F)F)cc21. The zero-order chi connectivity index (χ0) is 22.5. The van der Waals surface area contributed by atoms with E-state index < -0.39 is 27.3 Å². The summed E-state index contributed by atoms with van der Waals surface area (Å²) in [6.07, 6.45) is 0.710. The first-order chi connectivity index (χ1) is 13.7. The van der Waals surface area contributed by atoms with Crippen LogP contribution in [-0.2, 0) is 28.9 Å². The summed E-state index contributed by atoms with van der Waals surface area (Å²) < 4.78 is 65.6. The van der Waals surface area contributed by atoms with Gasteiger partial charge in [0.05, 0.1) is 22.4 Å². The van der Waals surface area contributed by atoms with Crippen LogP contribution in [0.15, 0.2) is 36.1 Å². The van der Waals surface area contributed by atoms with Gasteiger partial charge in [-0.2, -0.15) is 13.2 Å². The largest absolute Gasteiger partial charge is 0.431 e. The lowest BCUT2D eigenvalue weighted by Gasteiger charge is -2.33. The maximum Gasteiger partial charge on any atom is 0.431 e. The second-order valence-corrected chi connectivity index (χ2v) is 10.2. The highest BCUT2D eigenvalue weighted by Crippen LogP contribution is 2.40. The van der Waals surface area contributed by atoms with Crippen molar-refractivity contribution in [2.24, 2.45) is 7.05 Å². The number of aromatic nitrogens is 2. The minimum atomic E-state index is -4.57. The van der Waals surface area contributed by atoms with Gasteiger partial charge < -0.3 is 14.6 Å². The summed E-state index contributed by atoms with van der Waals surface area (Å²) >= 11 is 0. The van der Waals surface area contributed by atoms with Gasteiger partial charge >= 0.3 is 6.18 Å². The molecule has 2 aromatic rings. The van der Waals surface area contributed by atoms with Crippen molar-refractivity contribution in [1.29, 1.82) is 0 Å². The molecule has 0 spiro atoms. The molecule has 1 N–H and O–H groups in total. The van der Waals surface area contributed by atoms with Crippen LogP contribution < -0.4 is 4.90 Å². The van der Waals surface area contributed by atoms with Crippen molar-refractivity contribution in [3.05, 3.63) is 47.4 Å². The lowest BCUT2D eigenvalue weighted by atomic mass is 9.94. The highest BCUT2D eigenvalue weighted by atomic mass is 32.2. The molecule has 10 heteroatoms. The number of aliphatic hydroxyl groups is 1. The second-order valence-electron chi connectivity index (χ2n) is 7.97. The molecule has 1 aromatic carbocycles. The molecule has 0 aliphatic carbocycles. The van der Waals surface area contributed by atoms with Crippen LogP contribution in [0.25, 0.3) is 11.0 Å². The molecule has 1 aliphatic rings. The van der Waals surface area contributed by atoms with E-state index in [2.05, 4.69) is 4.98 Å². The Morgan fingerprint density at radius 3 is 2.47 bits per heavy atom. The molecule has 0 radical (unpaired) electrons. The number of halogens is 3. The van der Waals surface area contributed by atoms with Crippen LogP contribution in [0.1, 0.15) is 25.2 Å². The van der Waals surface area contributed by atoms with Crippen molar-refractivity contribution in [1.82, 2.24) is 9.55 Å². The van der Waals surface area contributed by atoms with Gasteiger partial charge in [-0.05, 0) is 32.1 Å². The number of benzene rings is 1. The number of alkyl halides is 3. The van der Waals surface area contributed by atoms with Gasteiger partial charge in [-0.15, -0.1) is 0 Å². The van der Waals surface area contributed by atoms with Gasteiger partial charge in [0.25, 0.3) is 0 Å². The number of imidazole rings is 1. The van der Waals surface area contributed by atoms with Gasteiger partial charge in [0.2, 0.25) is 0 Å². The van der Waals surface area contributed by atoms with Crippen LogP contribution in [0.3, 0.4) is 0 Å². The Labute approximate surface area is 173 Å². The number of hydrogen-bond acceptors (Lipinski definition) is 5. The molecule has 0 atom stereocenters. The zero-order valence-electron chi connectivity index (χ0n) is 17.2. The first-order valence-corrected chi connectivity index (χ1v) is 11.4. The average molecular weight is 443 g/mol. The molecule has 1 aromatic heterocycles. The Hall–Kier alpha value is -2.33.